The van der Waals surface area contributed by atoms with E-state index >= 15 is 0 Å². The minimum atomic E-state index is -0.0326. The van der Waals surface area contributed by atoms with Gasteiger partial charge >= 0.3 is 0 Å². The number of ether oxygens (including phenoxy) is 1. The number of nitrogens with one attached hydrogen (secondary N) is 2. The number of hydrogen-bond donors (Lipinski definition) is 2. The summed E-state index contributed by atoms with van der Waals surface area (Å²) in [6, 6.07) is 9.96. The minimum Gasteiger partial charge on any atom is -0.380 e. The lowest BCUT2D eigenvalue weighted by molar-refractivity contribution is 0.127. The number of benzene rings is 1. The molecule has 0 fully saturated rings. The van der Waals surface area contributed by atoms with Crippen molar-refractivity contribution in [2.75, 3.05) is 13.2 Å². The van der Waals surface area contributed by atoms with Gasteiger partial charge in [-0.05, 0) is 31.4 Å². The molecule has 19 heavy (non-hydrogen) atoms. The van der Waals surface area contributed by atoms with Crippen LogP contribution in [0.25, 0.3) is 10.9 Å². The molecule has 1 aromatic carbocycles. The van der Waals surface area contributed by atoms with Crippen molar-refractivity contribution in [3.63, 3.8) is 0 Å². The van der Waals surface area contributed by atoms with E-state index in [4.69, 9.17) is 4.74 Å². The summed E-state index contributed by atoms with van der Waals surface area (Å²) in [5.41, 5.74) is 1.59. The number of aromatic nitrogens is 1. The molecule has 1 aromatic heterocycles. The van der Waals surface area contributed by atoms with Crippen molar-refractivity contribution in [3.05, 3.63) is 46.2 Å². The molecule has 1 heterocycles. The molecule has 0 aliphatic carbocycles. The second-order valence-corrected chi connectivity index (χ2v) is 4.65. The van der Waals surface area contributed by atoms with Gasteiger partial charge in [0, 0.05) is 30.3 Å². The molecule has 2 rings (SSSR count). The van der Waals surface area contributed by atoms with Crippen molar-refractivity contribution in [2.24, 2.45) is 0 Å². The lowest BCUT2D eigenvalue weighted by atomic mass is 10.1. The molecule has 1 unspecified atom stereocenters. The summed E-state index contributed by atoms with van der Waals surface area (Å²) in [6.07, 6.45) is 0. The van der Waals surface area contributed by atoms with Crippen molar-refractivity contribution in [1.29, 1.82) is 0 Å². The Bertz CT molecular complexity index is 592. The molecule has 4 heteroatoms. The number of rotatable bonds is 6. The highest BCUT2D eigenvalue weighted by Crippen LogP contribution is 2.09. The van der Waals surface area contributed by atoms with E-state index in [1.54, 1.807) is 0 Å². The summed E-state index contributed by atoms with van der Waals surface area (Å²) in [4.78, 5) is 14.8. The third-order valence-electron chi connectivity index (χ3n) is 3.04. The van der Waals surface area contributed by atoms with Crippen LogP contribution in [0, 0.1) is 0 Å². The average molecular weight is 260 g/mol. The summed E-state index contributed by atoms with van der Waals surface area (Å²) in [5.74, 6) is 0. The molecule has 102 valence electrons. The summed E-state index contributed by atoms with van der Waals surface area (Å²) >= 11 is 0. The van der Waals surface area contributed by atoms with Gasteiger partial charge in [0.2, 0.25) is 0 Å². The summed E-state index contributed by atoms with van der Waals surface area (Å²) in [6.45, 7) is 5.94. The molecule has 0 bridgehead atoms. The van der Waals surface area contributed by atoms with E-state index in [0.717, 1.165) is 16.5 Å². The Kier molecular flexibility index (Phi) is 4.71. The smallest absolute Gasteiger partial charge is 0.252 e. The molecular formula is C15H20N2O2. The van der Waals surface area contributed by atoms with Gasteiger partial charge in [-0.2, -0.15) is 0 Å². The number of pyridine rings is 1. The Morgan fingerprint density at radius 2 is 2.16 bits per heavy atom. The minimum absolute atomic E-state index is 0.0326. The maximum absolute atomic E-state index is 11.9. The predicted molar refractivity (Wildman–Crippen MR) is 77.4 cm³/mol. The van der Waals surface area contributed by atoms with E-state index in [9.17, 15) is 4.79 Å². The zero-order chi connectivity index (χ0) is 13.7. The van der Waals surface area contributed by atoms with Gasteiger partial charge in [-0.15, -0.1) is 0 Å². The van der Waals surface area contributed by atoms with Crippen molar-refractivity contribution in [3.8, 4) is 0 Å². The number of H-pyrrole nitrogens is 1. The highest BCUT2D eigenvalue weighted by molar-refractivity contribution is 5.78. The van der Waals surface area contributed by atoms with Gasteiger partial charge in [0.05, 0.1) is 6.61 Å². The molecule has 0 aliphatic heterocycles. The topological polar surface area (TPSA) is 54.1 Å². The Balaban J connectivity index is 2.08. The average Bonchev–Trinajstić information content (AvgIpc) is 2.42. The highest BCUT2D eigenvalue weighted by atomic mass is 16.5. The van der Waals surface area contributed by atoms with E-state index < -0.39 is 0 Å². The molecule has 1 atom stereocenters. The van der Waals surface area contributed by atoms with Crippen LogP contribution in [0.4, 0.5) is 0 Å². The van der Waals surface area contributed by atoms with Crippen LogP contribution in [-0.2, 0) is 11.3 Å². The Morgan fingerprint density at radius 1 is 1.37 bits per heavy atom. The Labute approximate surface area is 112 Å². The lowest BCUT2D eigenvalue weighted by Crippen LogP contribution is -2.32. The zero-order valence-electron chi connectivity index (χ0n) is 11.4. The van der Waals surface area contributed by atoms with E-state index in [1.807, 2.05) is 44.2 Å². The van der Waals surface area contributed by atoms with Crippen LogP contribution in [0.5, 0.6) is 0 Å². The quantitative estimate of drug-likeness (QED) is 0.835. The van der Waals surface area contributed by atoms with Crippen LogP contribution in [0.15, 0.2) is 35.1 Å². The molecular weight excluding hydrogens is 240 g/mol. The van der Waals surface area contributed by atoms with Crippen LogP contribution in [-0.4, -0.2) is 24.2 Å². The number of hydrogen-bond acceptors (Lipinski definition) is 3. The SMILES string of the molecule is CCOCC(C)NCc1cc2ccccc2[nH]c1=O. The van der Waals surface area contributed by atoms with Crippen molar-refractivity contribution in [2.45, 2.75) is 26.4 Å². The third kappa shape index (κ3) is 3.66. The largest absolute Gasteiger partial charge is 0.380 e. The normalized spacial score (nSPS) is 12.7. The van der Waals surface area contributed by atoms with Crippen LogP contribution < -0.4 is 10.9 Å². The number of fused-ring (bicyclic) bond motifs is 1. The monoisotopic (exact) mass is 260 g/mol. The van der Waals surface area contributed by atoms with Crippen molar-refractivity contribution < 1.29 is 4.74 Å². The Hall–Kier alpha value is -1.65. The first-order chi connectivity index (χ1) is 9.20. The number of aromatic amines is 1. The maximum Gasteiger partial charge on any atom is 0.252 e. The standard InChI is InChI=1S/C15H20N2O2/c1-3-19-10-11(2)16-9-13-8-12-6-4-5-7-14(12)17-15(13)18/h4-8,11,16H,3,9-10H2,1-2H3,(H,17,18). The second-order valence-electron chi connectivity index (χ2n) is 4.65. The molecule has 0 saturated heterocycles. The molecule has 0 radical (unpaired) electrons. The van der Waals surface area contributed by atoms with Gasteiger partial charge in [-0.1, -0.05) is 18.2 Å². The fourth-order valence-electron chi connectivity index (χ4n) is 1.96. The second kappa shape index (κ2) is 6.50. The first kappa shape index (κ1) is 13.8. The van der Waals surface area contributed by atoms with Gasteiger partial charge in [0.1, 0.15) is 0 Å². The predicted octanol–water partition coefficient (Wildman–Crippen LogP) is 2.04. The van der Waals surface area contributed by atoms with E-state index in [2.05, 4.69) is 10.3 Å². The lowest BCUT2D eigenvalue weighted by Gasteiger charge is -2.13. The van der Waals surface area contributed by atoms with E-state index in [1.165, 1.54) is 0 Å². The fraction of sp³-hybridized carbons (Fsp3) is 0.400. The van der Waals surface area contributed by atoms with Crippen molar-refractivity contribution >= 4 is 10.9 Å². The molecule has 4 nitrogen and oxygen atoms in total. The van der Waals surface area contributed by atoms with Crippen LogP contribution >= 0.6 is 0 Å². The summed E-state index contributed by atoms with van der Waals surface area (Å²) < 4.78 is 5.34. The first-order valence-corrected chi connectivity index (χ1v) is 6.62. The zero-order valence-corrected chi connectivity index (χ0v) is 11.4. The Morgan fingerprint density at radius 3 is 2.95 bits per heavy atom. The van der Waals surface area contributed by atoms with Gasteiger partial charge in [0.15, 0.2) is 0 Å². The third-order valence-corrected chi connectivity index (χ3v) is 3.04. The van der Waals surface area contributed by atoms with Gasteiger partial charge in [0.25, 0.3) is 5.56 Å². The molecule has 0 spiro atoms. The van der Waals surface area contributed by atoms with Gasteiger partial charge in [-0.3, -0.25) is 4.79 Å². The van der Waals surface area contributed by atoms with Gasteiger partial charge in [-0.25, -0.2) is 0 Å². The fourth-order valence-corrected chi connectivity index (χ4v) is 1.96. The van der Waals surface area contributed by atoms with Crippen LogP contribution in [0.2, 0.25) is 0 Å². The van der Waals surface area contributed by atoms with Crippen LogP contribution in [0.1, 0.15) is 19.4 Å². The molecule has 0 amide bonds. The molecule has 2 N–H and O–H groups in total. The molecule has 2 aromatic rings. The summed E-state index contributed by atoms with van der Waals surface area (Å²) in [5, 5.41) is 4.35. The van der Waals surface area contributed by atoms with E-state index in [0.29, 0.717) is 19.8 Å². The van der Waals surface area contributed by atoms with Crippen molar-refractivity contribution in [1.82, 2.24) is 10.3 Å². The van der Waals surface area contributed by atoms with E-state index in [-0.39, 0.29) is 11.6 Å². The summed E-state index contributed by atoms with van der Waals surface area (Å²) in [7, 11) is 0. The molecule has 0 saturated carbocycles. The highest BCUT2D eigenvalue weighted by Gasteiger charge is 2.05. The molecule has 0 aliphatic rings. The first-order valence-electron chi connectivity index (χ1n) is 6.62. The number of para-hydroxylation sites is 1. The van der Waals surface area contributed by atoms with Crippen LogP contribution in [0.3, 0.4) is 0 Å². The maximum atomic E-state index is 11.9. The van der Waals surface area contributed by atoms with Gasteiger partial charge < -0.3 is 15.0 Å².